The van der Waals surface area contributed by atoms with Gasteiger partial charge in [-0.2, -0.15) is 5.10 Å². The summed E-state index contributed by atoms with van der Waals surface area (Å²) in [5.74, 6) is 1.70. The Morgan fingerprint density at radius 2 is 2.04 bits per heavy atom. The number of anilines is 1. The molecular weight excluding hydrogens is 342 g/mol. The third-order valence-corrected chi connectivity index (χ3v) is 4.30. The fraction of sp³-hybridized carbons (Fsp3) is 0.222. The van der Waals surface area contributed by atoms with Crippen LogP contribution in [-0.4, -0.2) is 29.3 Å². The van der Waals surface area contributed by atoms with E-state index >= 15 is 0 Å². The topological polar surface area (TPSA) is 76.2 Å². The summed E-state index contributed by atoms with van der Waals surface area (Å²) in [6.07, 6.45) is 1.06. The molecule has 0 saturated carbocycles. The molecule has 0 aliphatic carbocycles. The number of hydrogen-bond acceptors (Lipinski definition) is 4. The Morgan fingerprint density at radius 3 is 2.92 bits per heavy atom. The van der Waals surface area contributed by atoms with Crippen LogP contribution >= 0.6 is 11.6 Å². The van der Waals surface area contributed by atoms with Crippen molar-refractivity contribution in [3.63, 3.8) is 0 Å². The lowest BCUT2D eigenvalue weighted by Crippen LogP contribution is -2.15. The third kappa shape index (κ3) is 3.25. The monoisotopic (exact) mass is 357 g/mol. The highest BCUT2D eigenvalue weighted by Gasteiger charge is 2.14. The molecule has 1 aromatic heterocycles. The van der Waals surface area contributed by atoms with E-state index in [9.17, 15) is 4.79 Å². The number of para-hydroxylation sites is 1. The number of benzene rings is 2. The summed E-state index contributed by atoms with van der Waals surface area (Å²) in [4.78, 5) is 12.4. The van der Waals surface area contributed by atoms with Crippen LogP contribution in [0, 0.1) is 0 Å². The molecule has 25 heavy (non-hydrogen) atoms. The van der Waals surface area contributed by atoms with Crippen LogP contribution in [0.2, 0.25) is 5.02 Å². The van der Waals surface area contributed by atoms with Gasteiger partial charge < -0.3 is 14.8 Å². The average molecular weight is 358 g/mol. The van der Waals surface area contributed by atoms with Gasteiger partial charge in [0.05, 0.1) is 30.2 Å². The zero-order valence-corrected chi connectivity index (χ0v) is 14.1. The van der Waals surface area contributed by atoms with E-state index in [1.54, 1.807) is 6.07 Å². The molecule has 3 aromatic rings. The minimum atomic E-state index is -0.164. The van der Waals surface area contributed by atoms with Gasteiger partial charge in [-0.15, -0.1) is 0 Å². The van der Waals surface area contributed by atoms with Crippen LogP contribution in [0.3, 0.4) is 0 Å². The van der Waals surface area contributed by atoms with Gasteiger partial charge in [-0.25, -0.2) is 0 Å². The molecule has 1 amide bonds. The number of aromatic amines is 1. The summed E-state index contributed by atoms with van der Waals surface area (Å²) < 4.78 is 11.3. The van der Waals surface area contributed by atoms with Crippen LogP contribution in [0.5, 0.6) is 11.5 Å². The second-order valence-electron chi connectivity index (χ2n) is 5.79. The number of nitrogens with zero attached hydrogens (tertiary/aromatic N) is 1. The molecule has 0 fully saturated rings. The van der Waals surface area contributed by atoms with Crippen LogP contribution in [0.15, 0.2) is 36.4 Å². The number of hydrogen-bond donors (Lipinski definition) is 2. The van der Waals surface area contributed by atoms with Gasteiger partial charge in [-0.3, -0.25) is 9.89 Å². The van der Waals surface area contributed by atoms with E-state index in [0.717, 1.165) is 23.1 Å². The summed E-state index contributed by atoms with van der Waals surface area (Å²) >= 11 is 6.11. The van der Waals surface area contributed by atoms with Crippen molar-refractivity contribution in [3.05, 3.63) is 47.0 Å². The Bertz CT molecular complexity index is 938. The van der Waals surface area contributed by atoms with Crippen LogP contribution in [0.1, 0.15) is 12.0 Å². The molecule has 0 radical (unpaired) electrons. The molecule has 128 valence electrons. The van der Waals surface area contributed by atoms with Crippen LogP contribution < -0.4 is 14.8 Å². The van der Waals surface area contributed by atoms with Gasteiger partial charge in [-0.1, -0.05) is 23.7 Å². The summed E-state index contributed by atoms with van der Waals surface area (Å²) in [6, 6.07) is 11.0. The number of amides is 1. The van der Waals surface area contributed by atoms with Gasteiger partial charge in [0.25, 0.3) is 0 Å². The predicted octanol–water partition coefficient (Wildman–Crippen LogP) is 3.56. The van der Waals surface area contributed by atoms with Crippen molar-refractivity contribution in [3.8, 4) is 11.5 Å². The highest BCUT2D eigenvalue weighted by atomic mass is 35.5. The first-order valence-electron chi connectivity index (χ1n) is 8.02. The van der Waals surface area contributed by atoms with Gasteiger partial charge in [-0.05, 0) is 29.8 Å². The fourth-order valence-corrected chi connectivity index (χ4v) is 3.00. The predicted molar refractivity (Wildman–Crippen MR) is 95.5 cm³/mol. The number of carbonyl (C=O) groups excluding carboxylic acids is 1. The molecule has 0 unspecified atom stereocenters. The number of nitrogens with one attached hydrogen (secondary N) is 2. The number of halogens is 1. The van der Waals surface area contributed by atoms with Crippen molar-refractivity contribution in [2.24, 2.45) is 0 Å². The summed E-state index contributed by atoms with van der Waals surface area (Å²) in [6.45, 7) is 1.25. The lowest BCUT2D eigenvalue weighted by molar-refractivity contribution is -0.115. The first-order valence-corrected chi connectivity index (χ1v) is 8.39. The minimum absolute atomic E-state index is 0.164. The first kappa shape index (κ1) is 15.8. The first-order chi connectivity index (χ1) is 12.2. The smallest absolute Gasteiger partial charge is 0.230 e. The standard InChI is InChI=1S/C18H16ClN3O3/c19-13-4-1-3-12-17(13)21-22-18(12)20-16(23)10-11-5-6-14-15(9-11)25-8-2-7-24-14/h1,3-6,9H,2,7-8,10H2,(H2,20,21,22,23). The molecule has 2 aromatic carbocycles. The lowest BCUT2D eigenvalue weighted by Gasteiger charge is -2.09. The fourth-order valence-electron chi connectivity index (χ4n) is 2.78. The zero-order chi connectivity index (χ0) is 17.2. The Morgan fingerprint density at radius 1 is 1.20 bits per heavy atom. The molecule has 0 bridgehead atoms. The third-order valence-electron chi connectivity index (χ3n) is 3.98. The molecule has 4 rings (SSSR count). The minimum Gasteiger partial charge on any atom is -0.490 e. The second-order valence-corrected chi connectivity index (χ2v) is 6.20. The van der Waals surface area contributed by atoms with Crippen molar-refractivity contribution >= 4 is 34.2 Å². The van der Waals surface area contributed by atoms with Gasteiger partial charge in [0.1, 0.15) is 0 Å². The van der Waals surface area contributed by atoms with Crippen molar-refractivity contribution in [2.75, 3.05) is 18.5 Å². The van der Waals surface area contributed by atoms with Crippen molar-refractivity contribution in [2.45, 2.75) is 12.8 Å². The Kier molecular flexibility index (Phi) is 4.19. The zero-order valence-electron chi connectivity index (χ0n) is 13.3. The molecule has 0 spiro atoms. The van der Waals surface area contributed by atoms with Crippen molar-refractivity contribution in [1.29, 1.82) is 0 Å². The van der Waals surface area contributed by atoms with E-state index < -0.39 is 0 Å². The largest absolute Gasteiger partial charge is 0.490 e. The van der Waals surface area contributed by atoms with Crippen LogP contribution in [0.25, 0.3) is 10.9 Å². The molecule has 7 heteroatoms. The molecule has 0 atom stereocenters. The maximum absolute atomic E-state index is 12.4. The average Bonchev–Trinajstić information content (AvgIpc) is 2.86. The number of ether oxygens (including phenoxy) is 2. The normalized spacial score (nSPS) is 13.5. The van der Waals surface area contributed by atoms with Crippen LogP contribution in [-0.2, 0) is 11.2 Å². The number of carbonyl (C=O) groups is 1. The molecule has 1 aliphatic heterocycles. The van der Waals surface area contributed by atoms with E-state index in [1.807, 2.05) is 30.3 Å². The Hall–Kier alpha value is -2.73. The number of H-pyrrole nitrogens is 1. The SMILES string of the molecule is O=C(Cc1ccc2c(c1)OCCCO2)Nc1n[nH]c2c(Cl)cccc12. The molecular formula is C18H16ClN3O3. The Balaban J connectivity index is 1.50. The quantitative estimate of drug-likeness (QED) is 0.751. The van der Waals surface area contributed by atoms with E-state index in [0.29, 0.717) is 35.3 Å². The summed E-state index contributed by atoms with van der Waals surface area (Å²) in [5.41, 5.74) is 1.55. The van der Waals surface area contributed by atoms with Gasteiger partial charge in [0.15, 0.2) is 17.3 Å². The maximum Gasteiger partial charge on any atom is 0.230 e. The van der Waals surface area contributed by atoms with E-state index in [1.165, 1.54) is 0 Å². The Labute approximate surface area is 149 Å². The maximum atomic E-state index is 12.4. The number of aromatic nitrogens is 2. The molecule has 1 aliphatic rings. The molecule has 2 heterocycles. The number of fused-ring (bicyclic) bond motifs is 2. The highest BCUT2D eigenvalue weighted by Crippen LogP contribution is 2.31. The second kappa shape index (κ2) is 6.64. The van der Waals surface area contributed by atoms with Crippen LogP contribution in [0.4, 0.5) is 5.82 Å². The van der Waals surface area contributed by atoms with E-state index in [2.05, 4.69) is 15.5 Å². The summed E-state index contributed by atoms with van der Waals surface area (Å²) in [5, 5.41) is 11.1. The van der Waals surface area contributed by atoms with E-state index in [-0.39, 0.29) is 12.3 Å². The van der Waals surface area contributed by atoms with Crippen molar-refractivity contribution < 1.29 is 14.3 Å². The molecule has 2 N–H and O–H groups in total. The van der Waals surface area contributed by atoms with Gasteiger partial charge in [0, 0.05) is 11.8 Å². The molecule has 6 nitrogen and oxygen atoms in total. The van der Waals surface area contributed by atoms with E-state index in [4.69, 9.17) is 21.1 Å². The lowest BCUT2D eigenvalue weighted by atomic mass is 10.1. The molecule has 0 saturated heterocycles. The van der Waals surface area contributed by atoms with Gasteiger partial charge in [0.2, 0.25) is 5.91 Å². The number of rotatable bonds is 3. The highest BCUT2D eigenvalue weighted by molar-refractivity contribution is 6.35. The van der Waals surface area contributed by atoms with Crippen molar-refractivity contribution in [1.82, 2.24) is 10.2 Å². The van der Waals surface area contributed by atoms with Gasteiger partial charge >= 0.3 is 0 Å². The summed E-state index contributed by atoms with van der Waals surface area (Å²) in [7, 11) is 0.